The number of hydrogen-bond acceptors (Lipinski definition) is 4. The Balaban J connectivity index is 1.92. The number of hydrogen-bond donors (Lipinski definition) is 0. The van der Waals surface area contributed by atoms with Crippen LogP contribution in [0.4, 0.5) is 0 Å². The average Bonchev–Trinajstić information content (AvgIpc) is 3.02. The van der Waals surface area contributed by atoms with Crippen molar-refractivity contribution in [1.29, 1.82) is 0 Å². The molecule has 0 spiro atoms. The van der Waals surface area contributed by atoms with Crippen molar-refractivity contribution in [2.75, 3.05) is 19.5 Å². The number of ether oxygens (including phenoxy) is 2. The molecule has 3 rings (SSSR count). The van der Waals surface area contributed by atoms with Crippen LogP contribution in [0.25, 0.3) is 10.8 Å². The van der Waals surface area contributed by atoms with Crippen molar-refractivity contribution in [3.63, 3.8) is 0 Å². The van der Waals surface area contributed by atoms with Gasteiger partial charge >= 0.3 is 0 Å². The van der Waals surface area contributed by atoms with Crippen molar-refractivity contribution in [2.45, 2.75) is 31.7 Å². The second-order valence-electron chi connectivity index (χ2n) is 7.02. The fraction of sp³-hybridized carbons (Fsp3) is 0.421. The maximum atomic E-state index is 13.0. The Morgan fingerprint density at radius 1 is 1.25 bits per heavy atom. The van der Waals surface area contributed by atoms with Gasteiger partial charge in [-0.2, -0.15) is 0 Å². The number of benzene rings is 2. The highest BCUT2D eigenvalue weighted by atomic mass is 32.2. The quantitative estimate of drug-likeness (QED) is 0.847. The van der Waals surface area contributed by atoms with Crippen molar-refractivity contribution in [3.05, 3.63) is 36.4 Å². The van der Waals surface area contributed by atoms with E-state index in [9.17, 15) is 4.21 Å². The SMILES string of the molecule is COc1ccc2ccccc2c1S(=O)CC1=N[C@@H](C(C)(C)C)CO1. The van der Waals surface area contributed by atoms with E-state index in [4.69, 9.17) is 9.47 Å². The normalized spacial score (nSPS) is 19.0. The van der Waals surface area contributed by atoms with E-state index in [1.54, 1.807) is 7.11 Å². The molecule has 1 aliphatic heterocycles. The molecule has 1 heterocycles. The fourth-order valence-corrected chi connectivity index (χ4v) is 4.08. The van der Waals surface area contributed by atoms with E-state index in [1.165, 1.54) is 0 Å². The molecule has 0 radical (unpaired) electrons. The molecule has 0 aliphatic carbocycles. The summed E-state index contributed by atoms with van der Waals surface area (Å²) in [4.78, 5) is 5.33. The van der Waals surface area contributed by atoms with Gasteiger partial charge in [0.25, 0.3) is 0 Å². The second-order valence-corrected chi connectivity index (χ2v) is 8.41. The summed E-state index contributed by atoms with van der Waals surface area (Å²) in [5.41, 5.74) is 0.0420. The minimum atomic E-state index is -1.28. The van der Waals surface area contributed by atoms with Gasteiger partial charge in [-0.05, 0) is 16.9 Å². The average molecular weight is 345 g/mol. The standard InChI is InChI=1S/C19H23NO3S/c1-19(2,3)16-11-23-17(20-16)12-24(21)18-14-8-6-5-7-13(14)9-10-15(18)22-4/h5-10,16H,11-12H2,1-4H3/t16-,24?/m1/s1. The van der Waals surface area contributed by atoms with Gasteiger partial charge in [-0.15, -0.1) is 0 Å². The van der Waals surface area contributed by atoms with Crippen molar-refractivity contribution >= 4 is 27.5 Å². The summed E-state index contributed by atoms with van der Waals surface area (Å²) in [5.74, 6) is 1.48. The highest BCUT2D eigenvalue weighted by Crippen LogP contribution is 2.32. The van der Waals surface area contributed by atoms with E-state index in [0.29, 0.717) is 23.1 Å². The van der Waals surface area contributed by atoms with Crippen molar-refractivity contribution in [2.24, 2.45) is 10.4 Å². The summed E-state index contributed by atoms with van der Waals surface area (Å²) in [6.45, 7) is 6.97. The van der Waals surface area contributed by atoms with Crippen LogP contribution in [0, 0.1) is 5.41 Å². The van der Waals surface area contributed by atoms with Crippen LogP contribution in [0.3, 0.4) is 0 Å². The zero-order valence-corrected chi connectivity index (χ0v) is 15.4. The first-order chi connectivity index (χ1) is 11.4. The van der Waals surface area contributed by atoms with Crippen LogP contribution in [-0.2, 0) is 15.5 Å². The molecule has 0 aromatic heterocycles. The molecule has 2 aromatic carbocycles. The molecule has 0 amide bonds. The van der Waals surface area contributed by atoms with Crippen LogP contribution in [-0.4, -0.2) is 35.6 Å². The zero-order chi connectivity index (χ0) is 17.3. The van der Waals surface area contributed by atoms with E-state index < -0.39 is 10.8 Å². The molecule has 5 heteroatoms. The predicted octanol–water partition coefficient (Wildman–Crippen LogP) is 3.80. The van der Waals surface area contributed by atoms with Gasteiger partial charge in [-0.25, -0.2) is 4.99 Å². The smallest absolute Gasteiger partial charge is 0.197 e. The van der Waals surface area contributed by atoms with E-state index in [0.717, 1.165) is 10.8 Å². The summed E-state index contributed by atoms with van der Waals surface area (Å²) >= 11 is 0. The van der Waals surface area contributed by atoms with Gasteiger partial charge in [-0.3, -0.25) is 4.21 Å². The van der Waals surface area contributed by atoms with Crippen LogP contribution < -0.4 is 4.74 Å². The van der Waals surface area contributed by atoms with Gasteiger partial charge < -0.3 is 9.47 Å². The summed E-state index contributed by atoms with van der Waals surface area (Å²) in [7, 11) is 0.319. The minimum absolute atomic E-state index is 0.0420. The van der Waals surface area contributed by atoms with Gasteiger partial charge in [0.2, 0.25) is 0 Å². The van der Waals surface area contributed by atoms with E-state index >= 15 is 0 Å². The lowest BCUT2D eigenvalue weighted by Gasteiger charge is -2.21. The molecule has 4 nitrogen and oxygen atoms in total. The topological polar surface area (TPSA) is 47.9 Å². The summed E-state index contributed by atoms with van der Waals surface area (Å²) in [6, 6.07) is 11.9. The molecular weight excluding hydrogens is 322 g/mol. The lowest BCUT2D eigenvalue weighted by molar-refractivity contribution is 0.235. The summed E-state index contributed by atoms with van der Waals surface area (Å²) < 4.78 is 24.1. The van der Waals surface area contributed by atoms with E-state index in [1.807, 2.05) is 36.4 Å². The number of rotatable bonds is 4. The molecule has 24 heavy (non-hydrogen) atoms. The highest BCUT2D eigenvalue weighted by molar-refractivity contribution is 7.86. The monoisotopic (exact) mass is 345 g/mol. The molecule has 1 aliphatic rings. The lowest BCUT2D eigenvalue weighted by atomic mass is 9.88. The maximum Gasteiger partial charge on any atom is 0.197 e. The van der Waals surface area contributed by atoms with Gasteiger partial charge in [0.15, 0.2) is 5.90 Å². The Labute approximate surface area is 145 Å². The van der Waals surface area contributed by atoms with Crippen molar-refractivity contribution in [1.82, 2.24) is 0 Å². The van der Waals surface area contributed by atoms with Crippen molar-refractivity contribution in [3.8, 4) is 5.75 Å². The third-order valence-electron chi connectivity index (χ3n) is 4.25. The predicted molar refractivity (Wildman–Crippen MR) is 98.4 cm³/mol. The van der Waals surface area contributed by atoms with Gasteiger partial charge in [0.1, 0.15) is 18.1 Å². The molecule has 0 saturated carbocycles. The van der Waals surface area contributed by atoms with Crippen LogP contribution in [0.2, 0.25) is 0 Å². The largest absolute Gasteiger partial charge is 0.495 e. The molecule has 0 N–H and O–H groups in total. The Hall–Kier alpha value is -1.88. The number of methoxy groups -OCH3 is 1. The molecular formula is C19H23NO3S. The van der Waals surface area contributed by atoms with Gasteiger partial charge in [0, 0.05) is 5.39 Å². The summed E-state index contributed by atoms with van der Waals surface area (Å²) in [5, 5.41) is 1.99. The van der Waals surface area contributed by atoms with Crippen LogP contribution in [0.15, 0.2) is 46.3 Å². The molecule has 0 bridgehead atoms. The molecule has 1 unspecified atom stereocenters. The molecule has 2 atom stereocenters. The Bertz CT molecular complexity index is 808. The van der Waals surface area contributed by atoms with E-state index in [2.05, 4.69) is 25.8 Å². The first kappa shape index (κ1) is 17.0. The van der Waals surface area contributed by atoms with E-state index in [-0.39, 0.29) is 17.2 Å². The van der Waals surface area contributed by atoms with Crippen molar-refractivity contribution < 1.29 is 13.7 Å². The number of nitrogens with zero attached hydrogens (tertiary/aromatic N) is 1. The minimum Gasteiger partial charge on any atom is -0.495 e. The molecule has 128 valence electrons. The van der Waals surface area contributed by atoms with Gasteiger partial charge in [0.05, 0.1) is 28.8 Å². The zero-order valence-electron chi connectivity index (χ0n) is 14.5. The Morgan fingerprint density at radius 2 is 2.00 bits per heavy atom. The second kappa shape index (κ2) is 6.55. The Morgan fingerprint density at radius 3 is 2.67 bits per heavy atom. The molecule has 2 aromatic rings. The molecule has 0 saturated heterocycles. The van der Waals surface area contributed by atoms with Crippen LogP contribution >= 0.6 is 0 Å². The highest BCUT2D eigenvalue weighted by Gasteiger charge is 2.31. The fourth-order valence-electron chi connectivity index (χ4n) is 2.75. The summed E-state index contributed by atoms with van der Waals surface area (Å²) in [6.07, 6.45) is 0. The molecule has 0 fully saturated rings. The van der Waals surface area contributed by atoms with Crippen LogP contribution in [0.5, 0.6) is 5.75 Å². The maximum absolute atomic E-state index is 13.0. The van der Waals surface area contributed by atoms with Crippen LogP contribution in [0.1, 0.15) is 20.8 Å². The van der Waals surface area contributed by atoms with Gasteiger partial charge in [-0.1, -0.05) is 51.1 Å². The first-order valence-electron chi connectivity index (χ1n) is 8.03. The number of fused-ring (bicyclic) bond motifs is 1. The third kappa shape index (κ3) is 3.31. The third-order valence-corrected chi connectivity index (χ3v) is 5.64. The number of aliphatic imine (C=N–C) groups is 1. The Kier molecular flexibility index (Phi) is 4.63. The lowest BCUT2D eigenvalue weighted by Crippen LogP contribution is -2.25. The first-order valence-corrected chi connectivity index (χ1v) is 9.35.